The molecule has 28 heavy (non-hydrogen) atoms. The molecule has 1 aromatic carbocycles. The summed E-state index contributed by atoms with van der Waals surface area (Å²) >= 11 is 1.98. The number of thioether (sulfide) groups is 1. The Hall–Kier alpha value is -1.42. The number of carbonyl (C=O) groups excluding carboxylic acids is 1. The Morgan fingerprint density at radius 3 is 2.46 bits per heavy atom. The van der Waals surface area contributed by atoms with Crippen molar-refractivity contribution in [2.75, 3.05) is 20.0 Å². The van der Waals surface area contributed by atoms with Gasteiger partial charge in [-0.25, -0.2) is 0 Å². The highest BCUT2D eigenvalue weighted by Gasteiger charge is 2.39. The Morgan fingerprint density at radius 1 is 1.21 bits per heavy atom. The molecule has 0 radical (unpaired) electrons. The molecular formula is C24H34O3S. The average Bonchev–Trinajstić information content (AvgIpc) is 2.82. The standard InChI is InChI=1S/C24H34O3S/c1-8-28-21-13-19-18(20(25)9-10-24(19,4)5)12-17-16(21)11-15(14(2)3)22(26-6)23(17)27-7/h11,14,21H,8-10,12-13H2,1-7H3. The SMILES string of the molecule is CCSC1CC2=C(Cc3c1cc(C(C)C)c(OC)c3OC)C(=O)CCC2(C)C. The van der Waals surface area contributed by atoms with Crippen LogP contribution in [-0.4, -0.2) is 25.8 Å². The Labute approximate surface area is 174 Å². The predicted molar refractivity (Wildman–Crippen MR) is 118 cm³/mol. The number of ketones is 1. The van der Waals surface area contributed by atoms with Gasteiger partial charge < -0.3 is 9.47 Å². The maximum Gasteiger partial charge on any atom is 0.164 e. The van der Waals surface area contributed by atoms with Crippen LogP contribution in [0.1, 0.15) is 81.7 Å². The molecule has 3 rings (SSSR count). The van der Waals surface area contributed by atoms with Crippen LogP contribution in [0, 0.1) is 5.41 Å². The summed E-state index contributed by atoms with van der Waals surface area (Å²) < 4.78 is 11.7. The molecular weight excluding hydrogens is 368 g/mol. The van der Waals surface area contributed by atoms with E-state index in [0.717, 1.165) is 41.2 Å². The van der Waals surface area contributed by atoms with Gasteiger partial charge in [0.1, 0.15) is 0 Å². The van der Waals surface area contributed by atoms with E-state index in [1.807, 2.05) is 11.8 Å². The average molecular weight is 403 g/mol. The number of rotatable bonds is 5. The van der Waals surface area contributed by atoms with Crippen molar-refractivity contribution in [3.8, 4) is 11.5 Å². The molecule has 2 aliphatic carbocycles. The number of hydrogen-bond acceptors (Lipinski definition) is 4. The van der Waals surface area contributed by atoms with Gasteiger partial charge >= 0.3 is 0 Å². The second kappa shape index (κ2) is 8.14. The van der Waals surface area contributed by atoms with Crippen molar-refractivity contribution in [1.82, 2.24) is 0 Å². The van der Waals surface area contributed by atoms with Crippen LogP contribution in [0.25, 0.3) is 0 Å². The van der Waals surface area contributed by atoms with Gasteiger partial charge in [0, 0.05) is 29.2 Å². The van der Waals surface area contributed by atoms with Crippen molar-refractivity contribution in [2.24, 2.45) is 5.41 Å². The van der Waals surface area contributed by atoms with Gasteiger partial charge in [0.15, 0.2) is 17.3 Å². The Kier molecular flexibility index (Phi) is 6.19. The van der Waals surface area contributed by atoms with Crippen LogP contribution in [0.15, 0.2) is 17.2 Å². The van der Waals surface area contributed by atoms with E-state index in [-0.39, 0.29) is 5.41 Å². The highest BCUT2D eigenvalue weighted by molar-refractivity contribution is 7.99. The molecule has 0 aromatic heterocycles. The molecule has 0 fully saturated rings. The third-order valence-electron chi connectivity index (χ3n) is 6.38. The van der Waals surface area contributed by atoms with Gasteiger partial charge in [-0.1, -0.05) is 46.3 Å². The van der Waals surface area contributed by atoms with E-state index in [1.165, 1.54) is 16.7 Å². The zero-order chi connectivity index (χ0) is 20.6. The monoisotopic (exact) mass is 402 g/mol. The first-order chi connectivity index (χ1) is 13.2. The van der Waals surface area contributed by atoms with Crippen LogP contribution in [-0.2, 0) is 11.2 Å². The molecule has 0 aliphatic heterocycles. The minimum Gasteiger partial charge on any atom is -0.493 e. The normalized spacial score (nSPS) is 21.3. The molecule has 154 valence electrons. The lowest BCUT2D eigenvalue weighted by Gasteiger charge is -2.35. The molecule has 0 saturated heterocycles. The Morgan fingerprint density at radius 2 is 1.89 bits per heavy atom. The zero-order valence-corrected chi connectivity index (χ0v) is 19.2. The molecule has 0 spiro atoms. The quantitative estimate of drug-likeness (QED) is 0.583. The molecule has 0 amide bonds. The van der Waals surface area contributed by atoms with Crippen LogP contribution in [0.5, 0.6) is 11.5 Å². The Bertz CT molecular complexity index is 805. The minimum absolute atomic E-state index is 0.0794. The van der Waals surface area contributed by atoms with Gasteiger partial charge in [0.25, 0.3) is 0 Å². The highest BCUT2D eigenvalue weighted by Crippen LogP contribution is 2.53. The maximum atomic E-state index is 12.9. The first-order valence-corrected chi connectivity index (χ1v) is 11.4. The van der Waals surface area contributed by atoms with Crippen molar-refractivity contribution < 1.29 is 14.3 Å². The fourth-order valence-corrected chi connectivity index (χ4v) is 5.85. The number of fused-ring (bicyclic) bond motifs is 1. The number of ether oxygens (including phenoxy) is 2. The topological polar surface area (TPSA) is 35.5 Å². The van der Waals surface area contributed by atoms with Gasteiger partial charge in [-0.3, -0.25) is 4.79 Å². The van der Waals surface area contributed by atoms with E-state index in [1.54, 1.807) is 14.2 Å². The molecule has 0 bridgehead atoms. The van der Waals surface area contributed by atoms with Crippen LogP contribution in [0.3, 0.4) is 0 Å². The first kappa shape index (κ1) is 21.3. The van der Waals surface area contributed by atoms with E-state index in [0.29, 0.717) is 29.8 Å². The number of benzene rings is 1. The first-order valence-electron chi connectivity index (χ1n) is 10.4. The van der Waals surface area contributed by atoms with Gasteiger partial charge in [-0.2, -0.15) is 11.8 Å². The van der Waals surface area contributed by atoms with E-state index in [2.05, 4.69) is 40.7 Å². The summed E-state index contributed by atoms with van der Waals surface area (Å²) in [7, 11) is 3.43. The van der Waals surface area contributed by atoms with E-state index in [4.69, 9.17) is 9.47 Å². The fraction of sp³-hybridized carbons (Fsp3) is 0.625. The lowest BCUT2D eigenvalue weighted by Crippen LogP contribution is -2.27. The summed E-state index contributed by atoms with van der Waals surface area (Å²) in [6.07, 6.45) is 3.21. The molecule has 3 nitrogen and oxygen atoms in total. The Balaban J connectivity index is 2.29. The molecule has 1 aromatic rings. The zero-order valence-electron chi connectivity index (χ0n) is 18.4. The smallest absolute Gasteiger partial charge is 0.164 e. The molecule has 2 aliphatic rings. The summed E-state index contributed by atoms with van der Waals surface area (Å²) in [4.78, 5) is 12.9. The van der Waals surface area contributed by atoms with Crippen molar-refractivity contribution in [3.05, 3.63) is 33.9 Å². The summed E-state index contributed by atoms with van der Waals surface area (Å²) in [5, 5.41) is 0.343. The highest BCUT2D eigenvalue weighted by atomic mass is 32.2. The summed E-state index contributed by atoms with van der Waals surface area (Å²) in [6, 6.07) is 2.32. The number of allylic oxidation sites excluding steroid dienone is 2. The third kappa shape index (κ3) is 3.60. The van der Waals surface area contributed by atoms with E-state index < -0.39 is 0 Å². The molecule has 4 heteroatoms. The van der Waals surface area contributed by atoms with Gasteiger partial charge in [0.2, 0.25) is 0 Å². The molecule has 0 saturated carbocycles. The van der Waals surface area contributed by atoms with Crippen LogP contribution >= 0.6 is 11.8 Å². The number of carbonyl (C=O) groups is 1. The van der Waals surface area contributed by atoms with Crippen LogP contribution in [0.2, 0.25) is 0 Å². The fourth-order valence-electron chi connectivity index (χ4n) is 4.78. The molecule has 1 unspecified atom stereocenters. The second-order valence-corrected chi connectivity index (χ2v) is 10.3. The minimum atomic E-state index is 0.0794. The van der Waals surface area contributed by atoms with Crippen molar-refractivity contribution in [2.45, 2.75) is 71.5 Å². The molecule has 0 N–H and O–H groups in total. The number of Topliss-reactive ketones (excluding diaryl/α,β-unsaturated/α-hetero) is 1. The number of hydrogen-bond donors (Lipinski definition) is 0. The van der Waals surface area contributed by atoms with Crippen LogP contribution in [0.4, 0.5) is 0 Å². The van der Waals surface area contributed by atoms with E-state index in [9.17, 15) is 4.79 Å². The predicted octanol–water partition coefficient (Wildman–Crippen LogP) is 6.25. The third-order valence-corrected chi connectivity index (χ3v) is 7.54. The number of methoxy groups -OCH3 is 2. The molecule has 0 heterocycles. The van der Waals surface area contributed by atoms with Gasteiger partial charge in [0.05, 0.1) is 14.2 Å². The lowest BCUT2D eigenvalue weighted by molar-refractivity contribution is -0.116. The summed E-state index contributed by atoms with van der Waals surface area (Å²) in [5.41, 5.74) is 6.12. The van der Waals surface area contributed by atoms with Gasteiger partial charge in [-0.05, 0) is 41.1 Å². The molecule has 1 atom stereocenters. The summed E-state index contributed by atoms with van der Waals surface area (Å²) in [5.74, 6) is 3.34. The van der Waals surface area contributed by atoms with Crippen LogP contribution < -0.4 is 9.47 Å². The maximum absolute atomic E-state index is 12.9. The van der Waals surface area contributed by atoms with Crippen molar-refractivity contribution in [1.29, 1.82) is 0 Å². The van der Waals surface area contributed by atoms with Gasteiger partial charge in [-0.15, -0.1) is 0 Å². The second-order valence-electron chi connectivity index (χ2n) is 8.84. The van der Waals surface area contributed by atoms with Crippen molar-refractivity contribution in [3.63, 3.8) is 0 Å². The van der Waals surface area contributed by atoms with E-state index >= 15 is 0 Å². The summed E-state index contributed by atoms with van der Waals surface area (Å²) in [6.45, 7) is 11.2. The largest absolute Gasteiger partial charge is 0.493 e. The van der Waals surface area contributed by atoms with Crippen molar-refractivity contribution >= 4 is 17.5 Å². The lowest BCUT2D eigenvalue weighted by atomic mass is 9.70.